The lowest BCUT2D eigenvalue weighted by atomic mass is 10.1. The van der Waals surface area contributed by atoms with Crippen molar-refractivity contribution in [3.05, 3.63) is 35.3 Å². The SMILES string of the molecule is CCOc1ccc(-c2nc(CC(=O)N3CCNC(=O)C3CC)cs2)cc1. The largest absolute Gasteiger partial charge is 0.494 e. The Balaban J connectivity index is 1.67. The van der Waals surface area contributed by atoms with Crippen LogP contribution in [0.4, 0.5) is 0 Å². The van der Waals surface area contributed by atoms with E-state index >= 15 is 0 Å². The minimum atomic E-state index is -0.375. The Labute approximate surface area is 157 Å². The zero-order chi connectivity index (χ0) is 18.5. The van der Waals surface area contributed by atoms with E-state index in [1.807, 2.05) is 43.5 Å². The maximum atomic E-state index is 12.6. The highest BCUT2D eigenvalue weighted by Gasteiger charge is 2.31. The lowest BCUT2D eigenvalue weighted by Crippen LogP contribution is -2.57. The summed E-state index contributed by atoms with van der Waals surface area (Å²) in [6.07, 6.45) is 0.837. The first-order valence-corrected chi connectivity index (χ1v) is 9.75. The average Bonchev–Trinajstić information content (AvgIpc) is 3.11. The zero-order valence-corrected chi connectivity index (χ0v) is 15.8. The van der Waals surface area contributed by atoms with E-state index in [4.69, 9.17) is 4.74 Å². The molecule has 0 aliphatic carbocycles. The molecule has 1 aromatic carbocycles. The highest BCUT2D eigenvalue weighted by atomic mass is 32.1. The van der Waals surface area contributed by atoms with Gasteiger partial charge in [-0.2, -0.15) is 0 Å². The summed E-state index contributed by atoms with van der Waals surface area (Å²) >= 11 is 1.52. The Morgan fingerprint density at radius 1 is 1.35 bits per heavy atom. The third-order valence-corrected chi connectivity index (χ3v) is 5.27. The van der Waals surface area contributed by atoms with E-state index in [1.165, 1.54) is 11.3 Å². The summed E-state index contributed by atoms with van der Waals surface area (Å²) in [5.41, 5.74) is 1.74. The van der Waals surface area contributed by atoms with E-state index in [2.05, 4.69) is 10.3 Å². The van der Waals surface area contributed by atoms with Crippen LogP contribution in [0.2, 0.25) is 0 Å². The Kier molecular flexibility index (Phi) is 5.88. The van der Waals surface area contributed by atoms with Crippen molar-refractivity contribution < 1.29 is 14.3 Å². The van der Waals surface area contributed by atoms with Crippen LogP contribution in [-0.4, -0.2) is 47.4 Å². The van der Waals surface area contributed by atoms with Crippen molar-refractivity contribution in [3.63, 3.8) is 0 Å². The number of rotatable bonds is 6. The number of carbonyl (C=O) groups excluding carboxylic acids is 2. The van der Waals surface area contributed by atoms with Crippen molar-refractivity contribution in [1.29, 1.82) is 0 Å². The minimum absolute atomic E-state index is 0.0461. The second-order valence-electron chi connectivity index (χ2n) is 6.08. The van der Waals surface area contributed by atoms with Gasteiger partial charge in [-0.1, -0.05) is 6.92 Å². The number of hydrogen-bond acceptors (Lipinski definition) is 5. The Morgan fingerprint density at radius 2 is 2.12 bits per heavy atom. The van der Waals surface area contributed by atoms with Crippen LogP contribution in [0.3, 0.4) is 0 Å². The molecular weight excluding hydrogens is 350 g/mol. The number of amides is 2. The molecule has 6 nitrogen and oxygen atoms in total. The molecule has 3 rings (SSSR count). The van der Waals surface area contributed by atoms with Gasteiger partial charge in [0.1, 0.15) is 16.8 Å². The second-order valence-corrected chi connectivity index (χ2v) is 6.94. The first kappa shape index (κ1) is 18.4. The highest BCUT2D eigenvalue weighted by molar-refractivity contribution is 7.13. The number of nitrogens with zero attached hydrogens (tertiary/aromatic N) is 2. The fraction of sp³-hybridized carbons (Fsp3) is 0.421. The van der Waals surface area contributed by atoms with E-state index in [9.17, 15) is 9.59 Å². The number of carbonyl (C=O) groups is 2. The van der Waals surface area contributed by atoms with E-state index in [0.717, 1.165) is 22.0 Å². The lowest BCUT2D eigenvalue weighted by molar-refractivity contribution is -0.142. The van der Waals surface area contributed by atoms with Gasteiger partial charge >= 0.3 is 0 Å². The van der Waals surface area contributed by atoms with Gasteiger partial charge in [0.05, 0.1) is 18.7 Å². The first-order valence-electron chi connectivity index (χ1n) is 8.87. The molecule has 1 aliphatic rings. The lowest BCUT2D eigenvalue weighted by Gasteiger charge is -2.34. The van der Waals surface area contributed by atoms with Crippen LogP contribution in [0.25, 0.3) is 10.6 Å². The average molecular weight is 373 g/mol. The molecule has 7 heteroatoms. The molecule has 0 saturated carbocycles. The Morgan fingerprint density at radius 3 is 2.81 bits per heavy atom. The van der Waals surface area contributed by atoms with Crippen molar-refractivity contribution in [3.8, 4) is 16.3 Å². The van der Waals surface area contributed by atoms with Gasteiger partial charge in [0.25, 0.3) is 0 Å². The van der Waals surface area contributed by atoms with Gasteiger partial charge < -0.3 is 15.0 Å². The van der Waals surface area contributed by atoms with E-state index in [-0.39, 0.29) is 24.3 Å². The predicted octanol–water partition coefficient (Wildman–Crippen LogP) is 2.49. The third kappa shape index (κ3) is 4.04. The summed E-state index contributed by atoms with van der Waals surface area (Å²) < 4.78 is 5.45. The standard InChI is InChI=1S/C19H23N3O3S/c1-3-16-18(24)20-9-10-22(16)17(23)11-14-12-26-19(21-14)13-5-7-15(8-6-13)25-4-2/h5-8,12,16H,3-4,9-11H2,1-2H3,(H,20,24). The van der Waals surface area contributed by atoms with Crippen molar-refractivity contribution in [2.24, 2.45) is 0 Å². The normalized spacial score (nSPS) is 17.1. The van der Waals surface area contributed by atoms with Gasteiger partial charge in [-0.25, -0.2) is 4.98 Å². The number of thiazole rings is 1. The molecule has 2 aromatic rings. The summed E-state index contributed by atoms with van der Waals surface area (Å²) in [4.78, 5) is 30.8. The molecule has 1 aromatic heterocycles. The molecule has 1 N–H and O–H groups in total. The third-order valence-electron chi connectivity index (χ3n) is 4.33. The van der Waals surface area contributed by atoms with Gasteiger partial charge in [-0.3, -0.25) is 9.59 Å². The Hall–Kier alpha value is -2.41. The van der Waals surface area contributed by atoms with Crippen molar-refractivity contribution >= 4 is 23.2 Å². The van der Waals surface area contributed by atoms with E-state index in [0.29, 0.717) is 26.1 Å². The van der Waals surface area contributed by atoms with Gasteiger partial charge in [0, 0.05) is 24.0 Å². The van der Waals surface area contributed by atoms with Crippen molar-refractivity contribution in [2.75, 3.05) is 19.7 Å². The number of piperazine rings is 1. The molecule has 1 fully saturated rings. The smallest absolute Gasteiger partial charge is 0.242 e. The van der Waals surface area contributed by atoms with Crippen LogP contribution in [0.5, 0.6) is 5.75 Å². The van der Waals surface area contributed by atoms with Crippen molar-refractivity contribution in [2.45, 2.75) is 32.7 Å². The molecule has 26 heavy (non-hydrogen) atoms. The number of benzene rings is 1. The fourth-order valence-corrected chi connectivity index (χ4v) is 3.88. The summed E-state index contributed by atoms with van der Waals surface area (Å²) in [5.74, 6) is 0.716. The zero-order valence-electron chi connectivity index (χ0n) is 15.0. The maximum absolute atomic E-state index is 12.6. The topological polar surface area (TPSA) is 71.5 Å². The molecule has 0 radical (unpaired) electrons. The van der Waals surface area contributed by atoms with Gasteiger partial charge in [-0.05, 0) is 37.6 Å². The van der Waals surface area contributed by atoms with Gasteiger partial charge in [0.2, 0.25) is 11.8 Å². The van der Waals surface area contributed by atoms with Crippen LogP contribution < -0.4 is 10.1 Å². The van der Waals surface area contributed by atoms with Crippen LogP contribution >= 0.6 is 11.3 Å². The summed E-state index contributed by atoms with van der Waals surface area (Å²) in [7, 11) is 0. The molecule has 2 amide bonds. The fourth-order valence-electron chi connectivity index (χ4n) is 3.06. The second kappa shape index (κ2) is 8.31. The number of ether oxygens (including phenoxy) is 1. The molecule has 1 atom stereocenters. The van der Waals surface area contributed by atoms with Crippen LogP contribution in [0.1, 0.15) is 26.0 Å². The predicted molar refractivity (Wildman–Crippen MR) is 101 cm³/mol. The molecule has 2 heterocycles. The van der Waals surface area contributed by atoms with Crippen LogP contribution in [0.15, 0.2) is 29.6 Å². The van der Waals surface area contributed by atoms with Crippen molar-refractivity contribution in [1.82, 2.24) is 15.2 Å². The van der Waals surface area contributed by atoms with Crippen LogP contribution in [0, 0.1) is 0 Å². The quantitative estimate of drug-likeness (QED) is 0.844. The van der Waals surface area contributed by atoms with E-state index in [1.54, 1.807) is 4.90 Å². The minimum Gasteiger partial charge on any atom is -0.494 e. The number of aromatic nitrogens is 1. The number of nitrogens with one attached hydrogen (secondary N) is 1. The molecule has 138 valence electrons. The molecular formula is C19H23N3O3S. The Bertz CT molecular complexity index is 773. The summed E-state index contributed by atoms with van der Waals surface area (Å²) in [6, 6.07) is 7.40. The van der Waals surface area contributed by atoms with Crippen LogP contribution in [-0.2, 0) is 16.0 Å². The highest BCUT2D eigenvalue weighted by Crippen LogP contribution is 2.26. The molecule has 0 spiro atoms. The summed E-state index contributed by atoms with van der Waals surface area (Å²) in [6.45, 7) is 5.57. The molecule has 1 saturated heterocycles. The molecule has 1 aliphatic heterocycles. The van der Waals surface area contributed by atoms with Gasteiger partial charge in [0.15, 0.2) is 0 Å². The molecule has 1 unspecified atom stereocenters. The first-order chi connectivity index (χ1) is 12.6. The monoisotopic (exact) mass is 373 g/mol. The summed E-state index contributed by atoms with van der Waals surface area (Å²) in [5, 5.41) is 5.60. The molecule has 0 bridgehead atoms. The number of hydrogen-bond donors (Lipinski definition) is 1. The maximum Gasteiger partial charge on any atom is 0.242 e. The van der Waals surface area contributed by atoms with E-state index < -0.39 is 0 Å². The van der Waals surface area contributed by atoms with Gasteiger partial charge in [-0.15, -0.1) is 11.3 Å².